The van der Waals surface area contributed by atoms with Crippen LogP contribution in [0, 0.1) is 0 Å². The lowest BCUT2D eigenvalue weighted by molar-refractivity contribution is -0.0499. The number of nitrogens with zero attached hydrogens (tertiary/aromatic N) is 2. The highest BCUT2D eigenvalue weighted by Gasteiger charge is 2.12. The molecule has 2 aromatic rings. The molecule has 0 fully saturated rings. The van der Waals surface area contributed by atoms with E-state index < -0.39 is 6.61 Å². The Balaban J connectivity index is 2.10. The second kappa shape index (κ2) is 9.66. The number of hydrazone groups is 1. The average Bonchev–Trinajstić information content (AvgIpc) is 2.67. The molecular formula is C20H23F2N3O2. The minimum atomic E-state index is -2.93. The van der Waals surface area contributed by atoms with Gasteiger partial charge in [-0.1, -0.05) is 12.1 Å². The molecule has 0 heterocycles. The summed E-state index contributed by atoms with van der Waals surface area (Å²) in [5.41, 5.74) is 4.69. The van der Waals surface area contributed by atoms with Crippen LogP contribution in [0.15, 0.2) is 53.6 Å². The summed E-state index contributed by atoms with van der Waals surface area (Å²) in [4.78, 5) is 14.5. The quantitative estimate of drug-likeness (QED) is 0.553. The molecule has 0 bridgehead atoms. The first-order valence-electron chi connectivity index (χ1n) is 8.70. The predicted molar refractivity (Wildman–Crippen MR) is 103 cm³/mol. The van der Waals surface area contributed by atoms with Gasteiger partial charge in [0.1, 0.15) is 5.75 Å². The Kier molecular flexibility index (Phi) is 7.28. The monoisotopic (exact) mass is 375 g/mol. The van der Waals surface area contributed by atoms with E-state index in [1.165, 1.54) is 6.07 Å². The number of hydrogen-bond donors (Lipinski definition) is 1. The number of carbonyl (C=O) groups excluding carboxylic acids is 1. The van der Waals surface area contributed by atoms with Crippen molar-refractivity contribution in [1.29, 1.82) is 0 Å². The molecule has 0 saturated heterocycles. The Morgan fingerprint density at radius 1 is 1.11 bits per heavy atom. The number of halogens is 2. The van der Waals surface area contributed by atoms with Gasteiger partial charge in [-0.2, -0.15) is 13.9 Å². The van der Waals surface area contributed by atoms with Gasteiger partial charge < -0.3 is 9.64 Å². The Bertz CT molecular complexity index is 788. The van der Waals surface area contributed by atoms with Crippen LogP contribution in [0.5, 0.6) is 5.75 Å². The van der Waals surface area contributed by atoms with Gasteiger partial charge >= 0.3 is 6.61 Å². The normalized spacial score (nSPS) is 11.4. The second-order valence-corrected chi connectivity index (χ2v) is 5.73. The summed E-state index contributed by atoms with van der Waals surface area (Å²) in [6.45, 7) is 4.57. The largest absolute Gasteiger partial charge is 0.434 e. The van der Waals surface area contributed by atoms with Crippen LogP contribution in [0.25, 0.3) is 0 Å². The van der Waals surface area contributed by atoms with E-state index in [1.54, 1.807) is 37.3 Å². The molecule has 2 aromatic carbocycles. The van der Waals surface area contributed by atoms with E-state index in [4.69, 9.17) is 0 Å². The van der Waals surface area contributed by atoms with E-state index in [1.807, 2.05) is 12.1 Å². The fraction of sp³-hybridized carbons (Fsp3) is 0.300. The predicted octanol–water partition coefficient (Wildman–Crippen LogP) is 4.29. The van der Waals surface area contributed by atoms with Crippen molar-refractivity contribution in [2.45, 2.75) is 27.4 Å². The molecule has 7 heteroatoms. The zero-order valence-electron chi connectivity index (χ0n) is 15.6. The molecule has 0 aromatic heterocycles. The summed E-state index contributed by atoms with van der Waals surface area (Å²) in [7, 11) is 0. The van der Waals surface area contributed by atoms with E-state index >= 15 is 0 Å². The summed E-state index contributed by atoms with van der Waals surface area (Å²) < 4.78 is 29.5. The van der Waals surface area contributed by atoms with Crippen LogP contribution in [0.2, 0.25) is 0 Å². The van der Waals surface area contributed by atoms with Crippen molar-refractivity contribution in [3.63, 3.8) is 0 Å². The van der Waals surface area contributed by atoms with Gasteiger partial charge in [0.2, 0.25) is 0 Å². The summed E-state index contributed by atoms with van der Waals surface area (Å²) in [5, 5.41) is 4.01. The maximum Gasteiger partial charge on any atom is 0.387 e. The minimum Gasteiger partial charge on any atom is -0.434 e. The molecule has 0 saturated carbocycles. The van der Waals surface area contributed by atoms with Crippen molar-refractivity contribution in [2.75, 3.05) is 18.0 Å². The van der Waals surface area contributed by atoms with Gasteiger partial charge in [0, 0.05) is 29.9 Å². The summed E-state index contributed by atoms with van der Waals surface area (Å²) in [6, 6.07) is 13.5. The molecule has 5 nitrogen and oxygen atoms in total. The molecule has 0 spiro atoms. The molecule has 27 heavy (non-hydrogen) atoms. The maximum absolute atomic E-state index is 12.5. The van der Waals surface area contributed by atoms with Gasteiger partial charge in [0.05, 0.1) is 5.71 Å². The van der Waals surface area contributed by atoms with Crippen LogP contribution < -0.4 is 15.1 Å². The highest BCUT2D eigenvalue weighted by molar-refractivity contribution is 6.02. The third-order valence-corrected chi connectivity index (χ3v) is 4.08. The van der Waals surface area contributed by atoms with E-state index in [2.05, 4.69) is 34.0 Å². The number of carbonyl (C=O) groups is 1. The van der Waals surface area contributed by atoms with E-state index in [0.717, 1.165) is 18.8 Å². The summed E-state index contributed by atoms with van der Waals surface area (Å²) >= 11 is 0. The lowest BCUT2D eigenvalue weighted by atomic mass is 10.1. The highest BCUT2D eigenvalue weighted by atomic mass is 19.3. The van der Waals surface area contributed by atoms with E-state index in [-0.39, 0.29) is 11.7 Å². The van der Waals surface area contributed by atoms with Crippen LogP contribution >= 0.6 is 0 Å². The van der Waals surface area contributed by atoms with Crippen LogP contribution in [-0.4, -0.2) is 31.3 Å². The van der Waals surface area contributed by atoms with Crippen molar-refractivity contribution >= 4 is 17.3 Å². The summed E-state index contributed by atoms with van der Waals surface area (Å²) in [5.74, 6) is -0.376. The van der Waals surface area contributed by atoms with Crippen molar-refractivity contribution in [1.82, 2.24) is 5.43 Å². The number of para-hydroxylation sites is 1. The number of nitrogens with one attached hydrogen (secondary N) is 1. The number of benzene rings is 2. The molecular weight excluding hydrogens is 352 g/mol. The standard InChI is InChI=1S/C20H23F2N3O2/c1-4-25(5-2)16-12-10-15(11-13-16)19(26)24-23-14(3)17-8-6-7-9-18(17)27-20(21)22/h6-13,20H,4-5H2,1-3H3,(H,24,26)/b23-14-. The third-order valence-electron chi connectivity index (χ3n) is 4.08. The van der Waals surface area contributed by atoms with Crippen LogP contribution in [0.4, 0.5) is 14.5 Å². The van der Waals surface area contributed by atoms with Crippen molar-refractivity contribution in [3.8, 4) is 5.75 Å². The maximum atomic E-state index is 12.5. The zero-order chi connectivity index (χ0) is 19.8. The molecule has 1 N–H and O–H groups in total. The molecule has 2 rings (SSSR count). The fourth-order valence-electron chi connectivity index (χ4n) is 2.64. The Labute approximate surface area is 157 Å². The van der Waals surface area contributed by atoms with Crippen molar-refractivity contribution in [3.05, 3.63) is 59.7 Å². The first-order chi connectivity index (χ1) is 13.0. The van der Waals surface area contributed by atoms with Gasteiger partial charge in [-0.25, -0.2) is 5.43 Å². The molecule has 0 aliphatic heterocycles. The second-order valence-electron chi connectivity index (χ2n) is 5.73. The Morgan fingerprint density at radius 3 is 2.33 bits per heavy atom. The molecule has 0 atom stereocenters. The third kappa shape index (κ3) is 5.51. The average molecular weight is 375 g/mol. The number of hydrogen-bond acceptors (Lipinski definition) is 4. The highest BCUT2D eigenvalue weighted by Crippen LogP contribution is 2.21. The van der Waals surface area contributed by atoms with Gasteiger partial charge in [-0.15, -0.1) is 0 Å². The first-order valence-corrected chi connectivity index (χ1v) is 8.70. The number of amides is 1. The molecule has 144 valence electrons. The molecule has 0 radical (unpaired) electrons. The number of ether oxygens (including phenoxy) is 1. The number of alkyl halides is 2. The van der Waals surface area contributed by atoms with Gasteiger partial charge in [0.15, 0.2) is 0 Å². The van der Waals surface area contributed by atoms with Gasteiger partial charge in [-0.05, 0) is 57.2 Å². The minimum absolute atomic E-state index is 0.00609. The Morgan fingerprint density at radius 2 is 1.74 bits per heavy atom. The molecule has 0 aliphatic carbocycles. The van der Waals surface area contributed by atoms with Gasteiger partial charge in [-0.3, -0.25) is 4.79 Å². The van der Waals surface area contributed by atoms with Crippen LogP contribution in [-0.2, 0) is 0 Å². The van der Waals surface area contributed by atoms with E-state index in [9.17, 15) is 13.6 Å². The van der Waals surface area contributed by atoms with Gasteiger partial charge in [0.25, 0.3) is 5.91 Å². The number of rotatable bonds is 8. The molecule has 0 unspecified atom stereocenters. The zero-order valence-corrected chi connectivity index (χ0v) is 15.6. The van der Waals surface area contributed by atoms with Crippen LogP contribution in [0.1, 0.15) is 36.7 Å². The van der Waals surface area contributed by atoms with E-state index in [0.29, 0.717) is 16.8 Å². The Hall–Kier alpha value is -2.96. The lowest BCUT2D eigenvalue weighted by Crippen LogP contribution is -2.22. The number of anilines is 1. The first kappa shape index (κ1) is 20.4. The smallest absolute Gasteiger partial charge is 0.387 e. The lowest BCUT2D eigenvalue weighted by Gasteiger charge is -2.20. The molecule has 0 aliphatic rings. The van der Waals surface area contributed by atoms with Crippen molar-refractivity contribution in [2.24, 2.45) is 5.10 Å². The SMILES string of the molecule is CCN(CC)c1ccc(C(=O)N/N=C(/C)c2ccccc2OC(F)F)cc1. The van der Waals surface area contributed by atoms with Crippen LogP contribution in [0.3, 0.4) is 0 Å². The topological polar surface area (TPSA) is 53.9 Å². The fourth-order valence-corrected chi connectivity index (χ4v) is 2.64. The molecule has 1 amide bonds. The van der Waals surface area contributed by atoms with Crippen molar-refractivity contribution < 1.29 is 18.3 Å². The summed E-state index contributed by atoms with van der Waals surface area (Å²) in [6.07, 6.45) is 0.